The standard InChI is InChI=1S/C55H72N2O10/c1-4-6-7-8-9-10-11-12-13-23-52(61)57(36-39-24-26-49-50(32-39)64-38-63-49)51-35-47(56-62-3)45-33-41(20-14-16-28-58)44(22-15-17-29-59)53-46-34-43(66-42-21-18-19-40(31-42)37-60)25-27-48(46)67-55(51,54(45)53)65-30-5-2/h5,18-19,21,24-27,31-34,37,41,44,51,53-54,58-59H,2,4,6-17,20,22-23,28-30,35-36,38H2,1,3H3/t41-,44+,51-,53+,54+,55+/m0/s1. The zero-order valence-electron chi connectivity index (χ0n) is 39.7. The SMILES string of the molecule is C=CCO[C@@]12Oc3ccc(Oc4cccc(C=O)c4)cc3[C@H]3[C@H](CCCCO)[C@@H](CCCCO)C=C(C(=NOC)C[C@@H]1N(Cc1ccc4c(c1)OCO4)C(=O)CCCCCCCCCCC)[C@H]32. The van der Waals surface area contributed by atoms with Gasteiger partial charge in [0.25, 0.3) is 0 Å². The van der Waals surface area contributed by atoms with E-state index in [0.717, 1.165) is 73.6 Å². The van der Waals surface area contributed by atoms with Crippen molar-refractivity contribution in [2.45, 2.75) is 140 Å². The summed E-state index contributed by atoms with van der Waals surface area (Å²) >= 11 is 0. The highest BCUT2D eigenvalue weighted by atomic mass is 16.7. The number of allylic oxidation sites excluding steroid dienone is 1. The molecule has 12 nitrogen and oxygen atoms in total. The molecule has 2 aliphatic carbocycles. The van der Waals surface area contributed by atoms with Crippen molar-refractivity contribution in [2.24, 2.45) is 22.9 Å². The number of fused-ring (bicyclic) bond motifs is 3. The molecule has 0 bridgehead atoms. The monoisotopic (exact) mass is 921 g/mol. The summed E-state index contributed by atoms with van der Waals surface area (Å²) in [5, 5.41) is 24.7. The molecule has 0 radical (unpaired) electrons. The molecule has 6 atom stereocenters. The Balaban J connectivity index is 1.35. The first-order valence-corrected chi connectivity index (χ1v) is 24.9. The molecule has 2 aliphatic heterocycles. The molecule has 0 spiro atoms. The van der Waals surface area contributed by atoms with Gasteiger partial charge in [0, 0.05) is 49.6 Å². The number of hydrogen-bond acceptors (Lipinski definition) is 11. The van der Waals surface area contributed by atoms with Gasteiger partial charge >= 0.3 is 0 Å². The van der Waals surface area contributed by atoms with Gasteiger partial charge in [-0.1, -0.05) is 107 Å². The van der Waals surface area contributed by atoms with Crippen molar-refractivity contribution >= 4 is 17.9 Å². The first-order chi connectivity index (χ1) is 32.9. The fraction of sp³-hybridized carbons (Fsp3) is 0.545. The molecule has 0 aromatic heterocycles. The lowest BCUT2D eigenvalue weighted by Crippen LogP contribution is -2.70. The van der Waals surface area contributed by atoms with E-state index in [1.54, 1.807) is 31.4 Å². The number of rotatable bonds is 28. The van der Waals surface area contributed by atoms with E-state index in [4.69, 9.17) is 33.7 Å². The molecule has 0 saturated heterocycles. The molecule has 7 rings (SSSR count). The number of carbonyl (C=O) groups excluding carboxylic acids is 2. The molecular weight excluding hydrogens is 849 g/mol. The average Bonchev–Trinajstić information content (AvgIpc) is 3.82. The van der Waals surface area contributed by atoms with Gasteiger partial charge in [0.1, 0.15) is 36.7 Å². The highest BCUT2D eigenvalue weighted by Gasteiger charge is 2.65. The van der Waals surface area contributed by atoms with Crippen molar-refractivity contribution in [3.8, 4) is 28.7 Å². The summed E-state index contributed by atoms with van der Waals surface area (Å²) in [6.07, 6.45) is 20.4. The van der Waals surface area contributed by atoms with E-state index >= 15 is 4.79 Å². The van der Waals surface area contributed by atoms with E-state index < -0.39 is 17.7 Å². The van der Waals surface area contributed by atoms with Gasteiger partial charge in [-0.2, -0.15) is 0 Å². The van der Waals surface area contributed by atoms with Gasteiger partial charge in [-0.15, -0.1) is 6.58 Å². The Morgan fingerprint density at radius 2 is 1.60 bits per heavy atom. The number of oxime groups is 1. The minimum Gasteiger partial charge on any atom is -0.459 e. The van der Waals surface area contributed by atoms with Gasteiger partial charge in [-0.25, -0.2) is 0 Å². The van der Waals surface area contributed by atoms with Crippen molar-refractivity contribution in [3.63, 3.8) is 0 Å². The maximum absolute atomic E-state index is 15.2. The van der Waals surface area contributed by atoms with Crippen LogP contribution >= 0.6 is 0 Å². The molecule has 1 saturated carbocycles. The molecule has 4 aliphatic rings. The number of amides is 1. The van der Waals surface area contributed by atoms with E-state index in [1.165, 1.54) is 38.5 Å². The summed E-state index contributed by atoms with van der Waals surface area (Å²) in [7, 11) is 1.56. The number of nitrogens with zero attached hydrogens (tertiary/aromatic N) is 2. The number of carbonyl (C=O) groups is 2. The maximum Gasteiger partial charge on any atom is 0.239 e. The van der Waals surface area contributed by atoms with Crippen LogP contribution in [0, 0.1) is 17.8 Å². The topological polar surface area (TPSA) is 146 Å². The van der Waals surface area contributed by atoms with Crippen LogP contribution in [0.4, 0.5) is 0 Å². The van der Waals surface area contributed by atoms with Gasteiger partial charge in [0.05, 0.1) is 18.2 Å². The normalized spacial score (nSPS) is 22.8. The zero-order chi connectivity index (χ0) is 47.0. The van der Waals surface area contributed by atoms with Crippen molar-refractivity contribution in [2.75, 3.05) is 33.7 Å². The Morgan fingerprint density at radius 1 is 0.866 bits per heavy atom. The molecule has 67 heavy (non-hydrogen) atoms. The molecule has 12 heteroatoms. The number of hydrogen-bond donors (Lipinski definition) is 2. The number of benzene rings is 3. The fourth-order valence-corrected chi connectivity index (χ4v) is 10.9. The van der Waals surface area contributed by atoms with E-state index in [-0.39, 0.29) is 56.8 Å². The lowest BCUT2D eigenvalue weighted by Gasteiger charge is -2.60. The smallest absolute Gasteiger partial charge is 0.239 e. The van der Waals surface area contributed by atoms with Crippen LogP contribution in [0.3, 0.4) is 0 Å². The summed E-state index contributed by atoms with van der Waals surface area (Å²) < 4.78 is 32.7. The summed E-state index contributed by atoms with van der Waals surface area (Å²) in [6, 6.07) is 18.1. The molecule has 3 aromatic carbocycles. The minimum atomic E-state index is -1.40. The summed E-state index contributed by atoms with van der Waals surface area (Å²) in [5.41, 5.74) is 4.04. The molecule has 3 aromatic rings. The Kier molecular flexibility index (Phi) is 18.4. The van der Waals surface area contributed by atoms with Crippen LogP contribution in [0.25, 0.3) is 0 Å². The molecule has 1 amide bonds. The van der Waals surface area contributed by atoms with E-state index in [0.29, 0.717) is 60.0 Å². The Morgan fingerprint density at radius 3 is 2.34 bits per heavy atom. The van der Waals surface area contributed by atoms with Crippen LogP contribution in [0.1, 0.15) is 143 Å². The van der Waals surface area contributed by atoms with Crippen LogP contribution in [-0.4, -0.2) is 78.6 Å². The molecule has 1 fully saturated rings. The minimum absolute atomic E-state index is 0.000761. The Hall–Kier alpha value is -5.17. The molecule has 362 valence electrons. The lowest BCUT2D eigenvalue weighted by molar-refractivity contribution is -0.258. The highest BCUT2D eigenvalue weighted by molar-refractivity contribution is 6.03. The fourth-order valence-electron chi connectivity index (χ4n) is 10.9. The molecule has 0 unspecified atom stereocenters. The van der Waals surface area contributed by atoms with Gasteiger partial charge in [0.2, 0.25) is 18.5 Å². The van der Waals surface area contributed by atoms with Gasteiger partial charge in [0.15, 0.2) is 11.5 Å². The van der Waals surface area contributed by atoms with Crippen molar-refractivity contribution < 1.29 is 48.3 Å². The second kappa shape index (κ2) is 24.7. The van der Waals surface area contributed by atoms with E-state index in [2.05, 4.69) is 19.6 Å². The first-order valence-electron chi connectivity index (χ1n) is 24.9. The van der Waals surface area contributed by atoms with Gasteiger partial charge in [-0.05, 0) is 97.5 Å². The van der Waals surface area contributed by atoms with Gasteiger partial charge < -0.3 is 43.6 Å². The highest BCUT2D eigenvalue weighted by Crippen LogP contribution is 2.62. The zero-order valence-corrected chi connectivity index (χ0v) is 39.7. The predicted molar refractivity (Wildman–Crippen MR) is 259 cm³/mol. The average molecular weight is 921 g/mol. The first kappa shape index (κ1) is 49.7. The van der Waals surface area contributed by atoms with Crippen LogP contribution in [0.15, 0.2) is 90.1 Å². The van der Waals surface area contributed by atoms with Crippen LogP contribution in [0.2, 0.25) is 0 Å². The molecular formula is C55H72N2O10. The van der Waals surface area contributed by atoms with Crippen molar-refractivity contribution in [1.82, 2.24) is 4.90 Å². The predicted octanol–water partition coefficient (Wildman–Crippen LogP) is 11.2. The maximum atomic E-state index is 15.2. The number of aliphatic hydroxyl groups is 2. The summed E-state index contributed by atoms with van der Waals surface area (Å²) in [6.45, 7) is 7.08. The summed E-state index contributed by atoms with van der Waals surface area (Å²) in [5.74, 6) is 1.10. The second-order valence-corrected chi connectivity index (χ2v) is 18.5. The Labute approximate surface area is 397 Å². The number of aldehydes is 1. The summed E-state index contributed by atoms with van der Waals surface area (Å²) in [4.78, 5) is 34.6. The van der Waals surface area contributed by atoms with Crippen LogP contribution in [0.5, 0.6) is 28.7 Å². The number of aliphatic hydroxyl groups excluding tert-OH is 2. The third-order valence-electron chi connectivity index (χ3n) is 14.1. The third kappa shape index (κ3) is 11.9. The quantitative estimate of drug-likeness (QED) is 0.0312. The van der Waals surface area contributed by atoms with Crippen molar-refractivity contribution in [3.05, 3.63) is 102 Å². The third-order valence-corrected chi connectivity index (χ3v) is 14.1. The number of unbranched alkanes of at least 4 members (excludes halogenated alkanes) is 10. The number of ether oxygens (including phenoxy) is 5. The molecule has 2 N–H and O–H groups in total. The van der Waals surface area contributed by atoms with Crippen molar-refractivity contribution in [1.29, 1.82) is 0 Å². The van der Waals surface area contributed by atoms with Crippen LogP contribution in [-0.2, 0) is 20.9 Å². The van der Waals surface area contributed by atoms with E-state index in [9.17, 15) is 15.0 Å². The lowest BCUT2D eigenvalue weighted by atomic mass is 9.55. The van der Waals surface area contributed by atoms with E-state index in [1.807, 2.05) is 47.4 Å². The Bertz CT molecular complexity index is 2170. The van der Waals surface area contributed by atoms with Crippen LogP contribution < -0.4 is 18.9 Å². The van der Waals surface area contributed by atoms with Gasteiger partial charge in [-0.3, -0.25) is 9.59 Å². The largest absolute Gasteiger partial charge is 0.459 e. The second-order valence-electron chi connectivity index (χ2n) is 18.5. The molecule has 2 heterocycles.